The predicted molar refractivity (Wildman–Crippen MR) is 77.1 cm³/mol. The third-order valence-corrected chi connectivity index (χ3v) is 3.37. The van der Waals surface area contributed by atoms with Crippen LogP contribution in [0, 0.1) is 5.41 Å². The Kier molecular flexibility index (Phi) is 5.02. The summed E-state index contributed by atoms with van der Waals surface area (Å²) in [6.45, 7) is 5.98. The Morgan fingerprint density at radius 1 is 1.33 bits per heavy atom. The van der Waals surface area contributed by atoms with Gasteiger partial charge in [-0.3, -0.25) is 4.79 Å². The Morgan fingerprint density at radius 3 is 2.28 bits per heavy atom. The molecule has 0 radical (unpaired) electrons. The molecule has 0 aliphatic carbocycles. The summed E-state index contributed by atoms with van der Waals surface area (Å²) in [6, 6.07) is 4.85. The Hall–Kier alpha value is -0.770. The first kappa shape index (κ1) is 15.3. The largest absolute Gasteiger partial charge is 0.327 e. The van der Waals surface area contributed by atoms with Gasteiger partial charge in [0.1, 0.15) is 0 Å². The maximum Gasteiger partial charge on any atom is 0.226 e. The molecular formula is C13H18Cl2N2O. The number of carbonyl (C=O) groups excluding carboxylic acids is 1. The van der Waals surface area contributed by atoms with Gasteiger partial charge in [-0.25, -0.2) is 0 Å². The van der Waals surface area contributed by atoms with Crippen molar-refractivity contribution in [1.82, 2.24) is 0 Å². The van der Waals surface area contributed by atoms with E-state index in [4.69, 9.17) is 28.9 Å². The fourth-order valence-corrected chi connectivity index (χ4v) is 1.81. The first-order chi connectivity index (χ1) is 8.21. The SMILES string of the molecule is CC(C)(C)C(N)CC(=O)Nc1c(Cl)cccc1Cl. The second kappa shape index (κ2) is 5.91. The average Bonchev–Trinajstić information content (AvgIpc) is 2.22. The van der Waals surface area contributed by atoms with Crippen molar-refractivity contribution in [2.24, 2.45) is 11.1 Å². The van der Waals surface area contributed by atoms with Crippen LogP contribution in [0.25, 0.3) is 0 Å². The number of benzene rings is 1. The molecule has 18 heavy (non-hydrogen) atoms. The number of hydrogen-bond donors (Lipinski definition) is 2. The number of hydrogen-bond acceptors (Lipinski definition) is 2. The minimum Gasteiger partial charge on any atom is -0.327 e. The summed E-state index contributed by atoms with van der Waals surface area (Å²) in [5.74, 6) is -0.188. The van der Waals surface area contributed by atoms with Crippen LogP contribution >= 0.6 is 23.2 Å². The molecule has 3 nitrogen and oxygen atoms in total. The number of rotatable bonds is 3. The number of para-hydroxylation sites is 1. The maximum absolute atomic E-state index is 11.9. The molecule has 1 aromatic carbocycles. The number of nitrogens with one attached hydrogen (secondary N) is 1. The van der Waals surface area contributed by atoms with Crippen molar-refractivity contribution in [1.29, 1.82) is 0 Å². The van der Waals surface area contributed by atoms with E-state index in [1.165, 1.54) is 0 Å². The zero-order valence-corrected chi connectivity index (χ0v) is 12.3. The van der Waals surface area contributed by atoms with Crippen LogP contribution < -0.4 is 11.1 Å². The van der Waals surface area contributed by atoms with E-state index >= 15 is 0 Å². The van der Waals surface area contributed by atoms with E-state index < -0.39 is 0 Å². The van der Waals surface area contributed by atoms with Crippen LogP contribution in [0.5, 0.6) is 0 Å². The molecule has 5 heteroatoms. The highest BCUT2D eigenvalue weighted by Gasteiger charge is 2.23. The Morgan fingerprint density at radius 2 is 1.83 bits per heavy atom. The van der Waals surface area contributed by atoms with E-state index in [0.717, 1.165) is 0 Å². The van der Waals surface area contributed by atoms with Crippen molar-refractivity contribution in [3.63, 3.8) is 0 Å². The van der Waals surface area contributed by atoms with E-state index in [9.17, 15) is 4.79 Å². The first-order valence-corrected chi connectivity index (χ1v) is 6.47. The lowest BCUT2D eigenvalue weighted by Crippen LogP contribution is -2.38. The number of halogens is 2. The Balaban J connectivity index is 2.72. The molecule has 0 fully saturated rings. The molecule has 0 bridgehead atoms. The second-order valence-corrected chi connectivity index (χ2v) is 6.14. The third kappa shape index (κ3) is 4.16. The molecule has 0 saturated heterocycles. The predicted octanol–water partition coefficient (Wildman–Crippen LogP) is 3.70. The van der Waals surface area contributed by atoms with Crippen LogP contribution in [0.3, 0.4) is 0 Å². The summed E-state index contributed by atoms with van der Waals surface area (Å²) in [7, 11) is 0. The van der Waals surface area contributed by atoms with Gasteiger partial charge >= 0.3 is 0 Å². The molecule has 1 unspecified atom stereocenters. The van der Waals surface area contributed by atoms with Crippen molar-refractivity contribution in [2.45, 2.75) is 33.2 Å². The highest BCUT2D eigenvalue weighted by molar-refractivity contribution is 6.39. The summed E-state index contributed by atoms with van der Waals surface area (Å²) in [5.41, 5.74) is 6.27. The lowest BCUT2D eigenvalue weighted by Gasteiger charge is -2.26. The zero-order valence-electron chi connectivity index (χ0n) is 10.8. The highest BCUT2D eigenvalue weighted by Crippen LogP contribution is 2.30. The molecule has 0 aliphatic rings. The Labute approximate surface area is 118 Å². The number of anilines is 1. The molecule has 100 valence electrons. The lowest BCUT2D eigenvalue weighted by molar-refractivity contribution is -0.117. The first-order valence-electron chi connectivity index (χ1n) is 5.71. The van der Waals surface area contributed by atoms with Gasteiger partial charge in [0, 0.05) is 12.5 Å². The summed E-state index contributed by atoms with van der Waals surface area (Å²) in [6.07, 6.45) is 0.227. The molecule has 0 aromatic heterocycles. The molecule has 1 atom stereocenters. The van der Waals surface area contributed by atoms with Crippen molar-refractivity contribution in [3.8, 4) is 0 Å². The number of amides is 1. The normalized spacial score (nSPS) is 13.2. The van der Waals surface area contributed by atoms with Gasteiger partial charge in [0.25, 0.3) is 0 Å². The zero-order chi connectivity index (χ0) is 13.9. The van der Waals surface area contributed by atoms with Crippen LogP contribution in [0.15, 0.2) is 18.2 Å². The lowest BCUT2D eigenvalue weighted by atomic mass is 9.85. The molecule has 0 heterocycles. The minimum absolute atomic E-state index is 0.123. The maximum atomic E-state index is 11.9. The molecular weight excluding hydrogens is 271 g/mol. The molecule has 0 saturated carbocycles. The van der Waals surface area contributed by atoms with Gasteiger partial charge in [-0.05, 0) is 17.5 Å². The monoisotopic (exact) mass is 288 g/mol. The number of nitrogens with two attached hydrogens (primary N) is 1. The summed E-state index contributed by atoms with van der Waals surface area (Å²) >= 11 is 11.9. The topological polar surface area (TPSA) is 55.1 Å². The van der Waals surface area contributed by atoms with Crippen LogP contribution in [0.2, 0.25) is 10.0 Å². The van der Waals surface area contributed by atoms with Crippen LogP contribution in [-0.4, -0.2) is 11.9 Å². The molecule has 0 aliphatic heterocycles. The van der Waals surface area contributed by atoms with Gasteiger partial charge in [0.15, 0.2) is 0 Å². The van der Waals surface area contributed by atoms with E-state index in [1.807, 2.05) is 20.8 Å². The molecule has 1 aromatic rings. The number of carbonyl (C=O) groups is 1. The van der Waals surface area contributed by atoms with Crippen molar-refractivity contribution in [2.75, 3.05) is 5.32 Å². The minimum atomic E-state index is -0.223. The van der Waals surface area contributed by atoms with Crippen molar-refractivity contribution >= 4 is 34.8 Å². The third-order valence-electron chi connectivity index (χ3n) is 2.74. The standard InChI is InChI=1S/C13H18Cl2N2O/c1-13(2,3)10(16)7-11(18)17-12-8(14)5-4-6-9(12)15/h4-6,10H,7,16H2,1-3H3,(H,17,18). The smallest absolute Gasteiger partial charge is 0.226 e. The van der Waals surface area contributed by atoms with Gasteiger partial charge < -0.3 is 11.1 Å². The van der Waals surface area contributed by atoms with E-state index in [-0.39, 0.29) is 23.8 Å². The van der Waals surface area contributed by atoms with Crippen LogP contribution in [0.1, 0.15) is 27.2 Å². The highest BCUT2D eigenvalue weighted by atomic mass is 35.5. The van der Waals surface area contributed by atoms with E-state index in [2.05, 4.69) is 5.32 Å². The Bertz CT molecular complexity index is 421. The molecule has 3 N–H and O–H groups in total. The van der Waals surface area contributed by atoms with Gasteiger partial charge in [0.05, 0.1) is 15.7 Å². The van der Waals surface area contributed by atoms with E-state index in [0.29, 0.717) is 15.7 Å². The molecule has 0 spiro atoms. The molecule has 1 amide bonds. The fraction of sp³-hybridized carbons (Fsp3) is 0.462. The van der Waals surface area contributed by atoms with Crippen LogP contribution in [0.4, 0.5) is 5.69 Å². The van der Waals surface area contributed by atoms with Gasteiger partial charge in [-0.1, -0.05) is 50.0 Å². The average molecular weight is 289 g/mol. The van der Waals surface area contributed by atoms with Crippen LogP contribution in [-0.2, 0) is 4.79 Å². The quantitative estimate of drug-likeness (QED) is 0.891. The fourth-order valence-electron chi connectivity index (χ4n) is 1.31. The van der Waals surface area contributed by atoms with E-state index in [1.54, 1.807) is 18.2 Å². The molecule has 1 rings (SSSR count). The van der Waals surface area contributed by atoms with Gasteiger partial charge in [-0.15, -0.1) is 0 Å². The van der Waals surface area contributed by atoms with Gasteiger partial charge in [0.2, 0.25) is 5.91 Å². The summed E-state index contributed by atoms with van der Waals surface area (Å²) in [4.78, 5) is 11.9. The second-order valence-electron chi connectivity index (χ2n) is 5.32. The van der Waals surface area contributed by atoms with Crippen molar-refractivity contribution < 1.29 is 4.79 Å². The summed E-state index contributed by atoms with van der Waals surface area (Å²) < 4.78 is 0. The van der Waals surface area contributed by atoms with Crippen molar-refractivity contribution in [3.05, 3.63) is 28.2 Å². The summed E-state index contributed by atoms with van der Waals surface area (Å²) in [5, 5.41) is 3.53. The van der Waals surface area contributed by atoms with Gasteiger partial charge in [-0.2, -0.15) is 0 Å².